The lowest BCUT2D eigenvalue weighted by Gasteiger charge is -2.01. The molecular formula is C18H16N2O4S2. The van der Waals surface area contributed by atoms with Crippen molar-refractivity contribution in [2.75, 3.05) is 6.61 Å². The zero-order valence-electron chi connectivity index (χ0n) is 13.9. The number of aromatic nitrogens is 1. The maximum absolute atomic E-state index is 12.3. The fourth-order valence-electron chi connectivity index (χ4n) is 2.36. The van der Waals surface area contributed by atoms with Crippen LogP contribution in [-0.4, -0.2) is 26.0 Å². The number of rotatable bonds is 5. The third kappa shape index (κ3) is 3.82. The summed E-state index contributed by atoms with van der Waals surface area (Å²) in [6, 6.07) is 15.4. The van der Waals surface area contributed by atoms with Crippen molar-refractivity contribution in [3.63, 3.8) is 0 Å². The molecule has 0 fully saturated rings. The van der Waals surface area contributed by atoms with Crippen molar-refractivity contribution >= 4 is 27.3 Å². The lowest BCUT2D eigenvalue weighted by Crippen LogP contribution is -2.11. The van der Waals surface area contributed by atoms with E-state index >= 15 is 0 Å². The second-order valence-corrected chi connectivity index (χ2v) is 7.91. The molecule has 134 valence electrons. The van der Waals surface area contributed by atoms with Crippen LogP contribution in [0, 0.1) is 0 Å². The molecule has 8 heteroatoms. The normalized spacial score (nSPS) is 11.3. The van der Waals surface area contributed by atoms with Gasteiger partial charge in [-0.05, 0) is 19.1 Å². The molecule has 3 rings (SSSR count). The molecular weight excluding hydrogens is 372 g/mol. The number of carbonyl (C=O) groups is 1. The fraction of sp³-hybridized carbons (Fsp3) is 0.111. The molecule has 0 atom stereocenters. The smallest absolute Gasteiger partial charge is 0.350 e. The van der Waals surface area contributed by atoms with Gasteiger partial charge in [-0.1, -0.05) is 42.5 Å². The standard InChI is InChI=1S/C18H16N2O4S2/c1-2-24-18(21)16-15(12-6-4-3-5-7-12)20-17(25-16)13-8-10-14(11-9-13)26(19,22)23/h3-11H,2H2,1H3,(H2,19,22,23). The summed E-state index contributed by atoms with van der Waals surface area (Å²) in [5.41, 5.74) is 2.04. The first kappa shape index (κ1) is 18.2. The molecule has 0 amide bonds. The number of benzene rings is 2. The number of sulfonamides is 1. The van der Waals surface area contributed by atoms with Gasteiger partial charge in [0.2, 0.25) is 10.0 Å². The first-order chi connectivity index (χ1) is 12.4. The quantitative estimate of drug-likeness (QED) is 0.676. The van der Waals surface area contributed by atoms with Crippen LogP contribution in [0.1, 0.15) is 16.6 Å². The van der Waals surface area contributed by atoms with Crippen molar-refractivity contribution in [1.82, 2.24) is 4.98 Å². The van der Waals surface area contributed by atoms with Crippen molar-refractivity contribution in [2.45, 2.75) is 11.8 Å². The van der Waals surface area contributed by atoms with E-state index in [1.54, 1.807) is 19.1 Å². The van der Waals surface area contributed by atoms with Gasteiger partial charge in [0.1, 0.15) is 9.88 Å². The molecule has 0 aliphatic rings. The maximum Gasteiger partial charge on any atom is 0.350 e. The summed E-state index contributed by atoms with van der Waals surface area (Å²) in [4.78, 5) is 17.3. The van der Waals surface area contributed by atoms with Gasteiger partial charge < -0.3 is 4.74 Å². The lowest BCUT2D eigenvalue weighted by molar-refractivity contribution is 0.0532. The molecule has 0 unspecified atom stereocenters. The molecule has 2 N–H and O–H groups in total. The third-order valence-corrected chi connectivity index (χ3v) is 5.58. The van der Waals surface area contributed by atoms with Gasteiger partial charge in [0.05, 0.1) is 17.2 Å². The molecule has 3 aromatic rings. The van der Waals surface area contributed by atoms with Crippen LogP contribution in [0.25, 0.3) is 21.8 Å². The van der Waals surface area contributed by atoms with E-state index in [-0.39, 0.29) is 11.5 Å². The van der Waals surface area contributed by atoms with E-state index in [0.29, 0.717) is 21.1 Å². The van der Waals surface area contributed by atoms with Gasteiger partial charge in [-0.15, -0.1) is 11.3 Å². The molecule has 26 heavy (non-hydrogen) atoms. The first-order valence-electron chi connectivity index (χ1n) is 7.76. The minimum atomic E-state index is -3.76. The van der Waals surface area contributed by atoms with Crippen molar-refractivity contribution in [2.24, 2.45) is 5.14 Å². The Hall–Kier alpha value is -2.55. The van der Waals surface area contributed by atoms with Crippen LogP contribution >= 0.6 is 11.3 Å². The molecule has 0 saturated heterocycles. The van der Waals surface area contributed by atoms with Crippen LogP contribution in [0.4, 0.5) is 0 Å². The van der Waals surface area contributed by atoms with E-state index in [0.717, 1.165) is 5.56 Å². The Bertz CT molecular complexity index is 1030. The maximum atomic E-state index is 12.3. The average Bonchev–Trinajstić information content (AvgIpc) is 3.07. The van der Waals surface area contributed by atoms with Crippen molar-refractivity contribution < 1.29 is 17.9 Å². The molecule has 0 aliphatic carbocycles. The lowest BCUT2D eigenvalue weighted by atomic mass is 10.1. The number of carbonyl (C=O) groups excluding carboxylic acids is 1. The van der Waals surface area contributed by atoms with E-state index in [1.165, 1.54) is 23.5 Å². The van der Waals surface area contributed by atoms with E-state index in [2.05, 4.69) is 4.98 Å². The Morgan fingerprint density at radius 3 is 2.31 bits per heavy atom. The van der Waals surface area contributed by atoms with Gasteiger partial charge in [-0.25, -0.2) is 23.3 Å². The van der Waals surface area contributed by atoms with Crippen LogP contribution in [0.15, 0.2) is 59.5 Å². The second kappa shape index (κ2) is 7.36. The Labute approximate surface area is 155 Å². The summed E-state index contributed by atoms with van der Waals surface area (Å²) < 4.78 is 27.9. The van der Waals surface area contributed by atoms with Gasteiger partial charge in [0, 0.05) is 11.1 Å². The summed E-state index contributed by atoms with van der Waals surface area (Å²) in [6.45, 7) is 2.01. The molecule has 1 aromatic heterocycles. The molecule has 2 aromatic carbocycles. The van der Waals surface area contributed by atoms with E-state index < -0.39 is 16.0 Å². The molecule has 0 bridgehead atoms. The minimum Gasteiger partial charge on any atom is -0.462 e. The first-order valence-corrected chi connectivity index (χ1v) is 10.1. The Morgan fingerprint density at radius 2 is 1.73 bits per heavy atom. The minimum absolute atomic E-state index is 0.0201. The fourth-order valence-corrected chi connectivity index (χ4v) is 3.86. The van der Waals surface area contributed by atoms with Crippen LogP contribution in [-0.2, 0) is 14.8 Å². The highest BCUT2D eigenvalue weighted by Crippen LogP contribution is 2.34. The predicted octanol–water partition coefficient (Wildman–Crippen LogP) is 3.30. The van der Waals surface area contributed by atoms with E-state index in [4.69, 9.17) is 9.88 Å². The summed E-state index contributed by atoms with van der Waals surface area (Å²) in [5.74, 6) is -0.434. The van der Waals surface area contributed by atoms with Crippen LogP contribution in [0.3, 0.4) is 0 Å². The monoisotopic (exact) mass is 388 g/mol. The summed E-state index contributed by atoms with van der Waals surface area (Å²) >= 11 is 1.20. The summed E-state index contributed by atoms with van der Waals surface area (Å²) in [7, 11) is -3.76. The highest BCUT2D eigenvalue weighted by Gasteiger charge is 2.21. The number of esters is 1. The van der Waals surface area contributed by atoms with Gasteiger partial charge in [0.25, 0.3) is 0 Å². The number of nitrogens with zero attached hydrogens (tertiary/aromatic N) is 1. The average molecular weight is 388 g/mol. The van der Waals surface area contributed by atoms with Crippen LogP contribution < -0.4 is 5.14 Å². The second-order valence-electron chi connectivity index (χ2n) is 5.35. The largest absolute Gasteiger partial charge is 0.462 e. The highest BCUT2D eigenvalue weighted by atomic mass is 32.2. The topological polar surface area (TPSA) is 99.4 Å². The van der Waals surface area contributed by atoms with Crippen LogP contribution in [0.2, 0.25) is 0 Å². The zero-order valence-corrected chi connectivity index (χ0v) is 15.5. The molecule has 0 radical (unpaired) electrons. The van der Waals surface area contributed by atoms with Gasteiger partial charge in [-0.2, -0.15) is 0 Å². The van der Waals surface area contributed by atoms with Crippen molar-refractivity contribution in [3.8, 4) is 21.8 Å². The molecule has 6 nitrogen and oxygen atoms in total. The molecule has 0 spiro atoms. The molecule has 0 aliphatic heterocycles. The summed E-state index contributed by atoms with van der Waals surface area (Å²) in [6.07, 6.45) is 0. The highest BCUT2D eigenvalue weighted by molar-refractivity contribution is 7.89. The number of ether oxygens (including phenoxy) is 1. The zero-order chi connectivity index (χ0) is 18.7. The number of hydrogen-bond donors (Lipinski definition) is 1. The van der Waals surface area contributed by atoms with Gasteiger partial charge >= 0.3 is 5.97 Å². The van der Waals surface area contributed by atoms with Crippen LogP contribution in [0.5, 0.6) is 0 Å². The van der Waals surface area contributed by atoms with Gasteiger partial charge in [0.15, 0.2) is 0 Å². The Morgan fingerprint density at radius 1 is 1.08 bits per heavy atom. The number of nitrogens with two attached hydrogens (primary N) is 1. The predicted molar refractivity (Wildman–Crippen MR) is 100 cm³/mol. The number of primary sulfonamides is 1. The Kier molecular flexibility index (Phi) is 5.17. The molecule has 1 heterocycles. The Balaban J connectivity index is 2.07. The SMILES string of the molecule is CCOC(=O)c1sc(-c2ccc(S(N)(=O)=O)cc2)nc1-c1ccccc1. The van der Waals surface area contributed by atoms with E-state index in [1.807, 2.05) is 30.3 Å². The number of thiazole rings is 1. The molecule has 0 saturated carbocycles. The van der Waals surface area contributed by atoms with Gasteiger partial charge in [-0.3, -0.25) is 0 Å². The van der Waals surface area contributed by atoms with Crippen molar-refractivity contribution in [1.29, 1.82) is 0 Å². The summed E-state index contributed by atoms with van der Waals surface area (Å²) in [5, 5.41) is 5.71. The number of hydrogen-bond acceptors (Lipinski definition) is 6. The van der Waals surface area contributed by atoms with E-state index in [9.17, 15) is 13.2 Å². The van der Waals surface area contributed by atoms with Crippen molar-refractivity contribution in [3.05, 3.63) is 59.5 Å². The third-order valence-electron chi connectivity index (χ3n) is 3.57.